The molecule has 0 rings (SSSR count). The molecule has 3 unspecified atom stereocenters. The van der Waals surface area contributed by atoms with E-state index in [4.69, 9.17) is 9.05 Å². The van der Waals surface area contributed by atoms with E-state index in [-0.39, 0.29) is 19.1 Å². The highest BCUT2D eigenvalue weighted by Crippen LogP contribution is 2.38. The molecule has 0 bridgehead atoms. The van der Waals surface area contributed by atoms with E-state index in [1.54, 1.807) is 6.08 Å². The van der Waals surface area contributed by atoms with Crippen LogP contribution in [0.3, 0.4) is 0 Å². The number of aliphatic hydroxyl groups is 1. The number of hydrogen-bond acceptors (Lipinski definition) is 6. The van der Waals surface area contributed by atoms with Gasteiger partial charge in [0, 0.05) is 6.42 Å². The van der Waals surface area contributed by atoms with Gasteiger partial charge in [0.1, 0.15) is 13.2 Å². The summed E-state index contributed by atoms with van der Waals surface area (Å²) in [6.07, 6.45) is 31.0. The number of quaternary nitrogens is 1. The van der Waals surface area contributed by atoms with Crippen LogP contribution in [0.1, 0.15) is 149 Å². The predicted octanol–water partition coefficient (Wildman–Crippen LogP) is 8.38. The van der Waals surface area contributed by atoms with Gasteiger partial charge >= 0.3 is 0 Å². The summed E-state index contributed by atoms with van der Waals surface area (Å²) in [5.41, 5.74) is 0. The van der Waals surface area contributed by atoms with Crippen LogP contribution in [0.2, 0.25) is 0 Å². The highest BCUT2D eigenvalue weighted by Gasteiger charge is 2.23. The minimum Gasteiger partial charge on any atom is -0.756 e. The smallest absolute Gasteiger partial charge is 0.268 e. The van der Waals surface area contributed by atoms with Crippen LogP contribution < -0.4 is 10.2 Å². The number of allylic oxidation sites excluding steroid dienone is 3. The summed E-state index contributed by atoms with van der Waals surface area (Å²) in [4.78, 5) is 25.0. The number of carbonyl (C=O) groups is 1. The van der Waals surface area contributed by atoms with Crippen molar-refractivity contribution in [3.63, 3.8) is 0 Å². The van der Waals surface area contributed by atoms with Crippen LogP contribution in [0.25, 0.3) is 0 Å². The van der Waals surface area contributed by atoms with Crippen LogP contribution in [0.4, 0.5) is 0 Å². The zero-order chi connectivity index (χ0) is 33.7. The van der Waals surface area contributed by atoms with Crippen LogP contribution >= 0.6 is 7.82 Å². The molecule has 0 saturated heterocycles. The number of nitrogens with zero attached hydrogens (tertiary/aromatic N) is 1. The Morgan fingerprint density at radius 3 is 1.76 bits per heavy atom. The maximum atomic E-state index is 12.7. The molecule has 0 spiro atoms. The lowest BCUT2D eigenvalue weighted by Gasteiger charge is -2.29. The summed E-state index contributed by atoms with van der Waals surface area (Å²) in [5.74, 6) is -0.210. The second kappa shape index (κ2) is 29.1. The zero-order valence-corrected chi connectivity index (χ0v) is 30.7. The predicted molar refractivity (Wildman–Crippen MR) is 187 cm³/mol. The van der Waals surface area contributed by atoms with Gasteiger partial charge in [-0.2, -0.15) is 0 Å². The first-order valence-electron chi connectivity index (χ1n) is 18.2. The van der Waals surface area contributed by atoms with Gasteiger partial charge in [0.2, 0.25) is 5.91 Å². The molecule has 0 heterocycles. The fourth-order valence-electron chi connectivity index (χ4n) is 4.91. The average molecular weight is 659 g/mol. The van der Waals surface area contributed by atoms with Crippen molar-refractivity contribution in [2.24, 2.45) is 0 Å². The molecule has 3 atom stereocenters. The van der Waals surface area contributed by atoms with Crippen LogP contribution in [-0.4, -0.2) is 68.5 Å². The van der Waals surface area contributed by atoms with Crippen LogP contribution in [0.5, 0.6) is 0 Å². The molecule has 0 aromatic heterocycles. The normalized spacial score (nSPS) is 15.1. The molecule has 0 aromatic rings. The Bertz CT molecular complexity index is 799. The number of rotatable bonds is 32. The highest BCUT2D eigenvalue weighted by atomic mass is 31.2. The van der Waals surface area contributed by atoms with E-state index >= 15 is 0 Å². The standard InChI is InChI=1S/C36H71N2O6P/c1-6-8-10-12-14-15-16-17-18-19-20-21-22-23-24-26-28-30-36(40)37-34(35(39)29-27-25-13-11-9-7-2)33-44-45(41,42)43-32-31-38(3,4)5/h17-18,27,29,34-35,39H,6-16,19-26,28,30-33H2,1-5H3,(H-,37,40,41,42)/b18-17-,29-27+. The number of phosphoric acid groups is 1. The SMILES string of the molecule is CCCCCC/C=C/C(O)C(COP(=O)([O-])OCC[N+](C)(C)C)NC(=O)CCCCCCCCC/C=C\CCCCCCCC. The van der Waals surface area contributed by atoms with E-state index in [9.17, 15) is 19.4 Å². The minimum absolute atomic E-state index is 0.00211. The maximum absolute atomic E-state index is 12.7. The lowest BCUT2D eigenvalue weighted by Crippen LogP contribution is -2.45. The number of likely N-dealkylation sites (N-methyl/N-ethyl adjacent to an activating group) is 1. The molecule has 2 N–H and O–H groups in total. The molecule has 0 saturated carbocycles. The van der Waals surface area contributed by atoms with Gasteiger partial charge in [0.15, 0.2) is 0 Å². The Balaban J connectivity index is 4.34. The highest BCUT2D eigenvalue weighted by molar-refractivity contribution is 7.45. The van der Waals surface area contributed by atoms with Crippen molar-refractivity contribution >= 4 is 13.7 Å². The van der Waals surface area contributed by atoms with Crippen molar-refractivity contribution in [1.82, 2.24) is 5.32 Å². The Hall–Kier alpha value is -1.02. The third-order valence-corrected chi connectivity index (χ3v) is 8.87. The Morgan fingerprint density at radius 2 is 1.22 bits per heavy atom. The van der Waals surface area contributed by atoms with Gasteiger partial charge in [-0.3, -0.25) is 9.36 Å². The summed E-state index contributed by atoms with van der Waals surface area (Å²) in [5, 5.41) is 13.5. The topological polar surface area (TPSA) is 108 Å². The summed E-state index contributed by atoms with van der Waals surface area (Å²) in [7, 11) is 1.25. The fourth-order valence-corrected chi connectivity index (χ4v) is 5.63. The Morgan fingerprint density at radius 1 is 0.756 bits per heavy atom. The first-order chi connectivity index (χ1) is 21.5. The average Bonchev–Trinajstić information content (AvgIpc) is 2.97. The number of nitrogens with one attached hydrogen (secondary N) is 1. The van der Waals surface area contributed by atoms with Crippen LogP contribution in [0, 0.1) is 0 Å². The van der Waals surface area contributed by atoms with Crippen molar-refractivity contribution in [3.05, 3.63) is 24.3 Å². The van der Waals surface area contributed by atoms with E-state index in [1.807, 2.05) is 27.2 Å². The summed E-state index contributed by atoms with van der Waals surface area (Å²) in [6.45, 7) is 4.53. The first-order valence-corrected chi connectivity index (χ1v) is 19.7. The summed E-state index contributed by atoms with van der Waals surface area (Å²) in [6, 6.07) is -0.881. The fraction of sp³-hybridized carbons (Fsp3) is 0.861. The molecule has 0 aliphatic rings. The molecule has 0 aromatic carbocycles. The molecular formula is C36H71N2O6P. The largest absolute Gasteiger partial charge is 0.756 e. The van der Waals surface area contributed by atoms with Crippen molar-refractivity contribution in [2.75, 3.05) is 40.9 Å². The van der Waals surface area contributed by atoms with E-state index in [0.29, 0.717) is 17.4 Å². The zero-order valence-electron chi connectivity index (χ0n) is 29.8. The quantitative estimate of drug-likeness (QED) is 0.0325. The monoisotopic (exact) mass is 659 g/mol. The Kier molecular flexibility index (Phi) is 28.5. The summed E-state index contributed by atoms with van der Waals surface area (Å²) < 4.78 is 22.9. The molecule has 0 aliphatic carbocycles. The molecule has 0 radical (unpaired) electrons. The van der Waals surface area contributed by atoms with E-state index in [1.165, 1.54) is 83.5 Å². The number of unbranched alkanes of at least 4 members (excludes halogenated alkanes) is 17. The van der Waals surface area contributed by atoms with Crippen LogP contribution in [0.15, 0.2) is 24.3 Å². The van der Waals surface area contributed by atoms with E-state index < -0.39 is 20.0 Å². The van der Waals surface area contributed by atoms with Gasteiger partial charge in [-0.15, -0.1) is 0 Å². The van der Waals surface area contributed by atoms with Gasteiger partial charge in [-0.1, -0.05) is 122 Å². The van der Waals surface area contributed by atoms with E-state index in [0.717, 1.165) is 44.9 Å². The second-order valence-electron chi connectivity index (χ2n) is 13.6. The lowest BCUT2D eigenvalue weighted by molar-refractivity contribution is -0.870. The third-order valence-electron chi connectivity index (χ3n) is 7.91. The first kappa shape index (κ1) is 44.0. The number of aliphatic hydroxyl groups excluding tert-OH is 1. The third kappa shape index (κ3) is 31.4. The van der Waals surface area contributed by atoms with Crippen molar-refractivity contribution in [3.8, 4) is 0 Å². The second-order valence-corrected chi connectivity index (χ2v) is 15.0. The van der Waals surface area contributed by atoms with Crippen molar-refractivity contribution < 1.29 is 32.9 Å². The van der Waals surface area contributed by atoms with Gasteiger partial charge < -0.3 is 28.8 Å². The lowest BCUT2D eigenvalue weighted by atomic mass is 10.1. The molecule has 266 valence electrons. The number of phosphoric ester groups is 1. The Labute approximate surface area is 277 Å². The van der Waals surface area contributed by atoms with Crippen molar-refractivity contribution in [2.45, 2.75) is 161 Å². The number of carbonyl (C=O) groups excluding carboxylic acids is 1. The van der Waals surface area contributed by atoms with Gasteiger partial charge in [0.05, 0.1) is 39.9 Å². The number of hydrogen-bond donors (Lipinski definition) is 2. The van der Waals surface area contributed by atoms with Crippen molar-refractivity contribution in [1.29, 1.82) is 0 Å². The minimum atomic E-state index is -4.57. The van der Waals surface area contributed by atoms with Crippen LogP contribution in [-0.2, 0) is 18.4 Å². The molecule has 0 aliphatic heterocycles. The molecule has 0 fully saturated rings. The molecular weight excluding hydrogens is 587 g/mol. The summed E-state index contributed by atoms with van der Waals surface area (Å²) >= 11 is 0. The van der Waals surface area contributed by atoms with Gasteiger partial charge in [0.25, 0.3) is 7.82 Å². The maximum Gasteiger partial charge on any atom is 0.268 e. The van der Waals surface area contributed by atoms with Gasteiger partial charge in [-0.05, 0) is 44.9 Å². The number of amides is 1. The molecule has 1 amide bonds. The molecule has 45 heavy (non-hydrogen) atoms. The molecule has 9 heteroatoms. The van der Waals surface area contributed by atoms with E-state index in [2.05, 4.69) is 31.3 Å². The molecule has 8 nitrogen and oxygen atoms in total. The van der Waals surface area contributed by atoms with Gasteiger partial charge in [-0.25, -0.2) is 0 Å².